The van der Waals surface area contributed by atoms with Crippen LogP contribution in [-0.4, -0.2) is 6.10 Å². The molecule has 1 aliphatic heterocycles. The molecule has 0 fully saturated rings. The van der Waals surface area contributed by atoms with E-state index >= 15 is 0 Å². The maximum Gasteiger partial charge on any atom is 0.116 e. The Labute approximate surface area is 56.0 Å². The molecule has 1 atom stereocenters. The van der Waals surface area contributed by atoms with Crippen LogP contribution in [0, 0.1) is 0 Å². The van der Waals surface area contributed by atoms with Gasteiger partial charge in [-0.25, -0.2) is 0 Å². The lowest BCUT2D eigenvalue weighted by molar-refractivity contribution is 0.173. The lowest BCUT2D eigenvalue weighted by Gasteiger charge is -2.12. The maximum atomic E-state index is 5.25. The zero-order chi connectivity index (χ0) is 6.53. The molecule has 0 bridgehead atoms. The highest BCUT2D eigenvalue weighted by atomic mass is 16.5. The molecule has 0 amide bonds. The van der Waals surface area contributed by atoms with Gasteiger partial charge in [0.25, 0.3) is 0 Å². The molecule has 0 saturated heterocycles. The Kier molecular flexibility index (Phi) is 2.37. The number of hydrogen-bond acceptors (Lipinski definition) is 1. The van der Waals surface area contributed by atoms with Crippen LogP contribution in [0.25, 0.3) is 0 Å². The average Bonchev–Trinajstić information content (AvgIpc) is 1.91. The van der Waals surface area contributed by atoms with Crippen molar-refractivity contribution in [1.82, 2.24) is 0 Å². The molecule has 1 aliphatic rings. The molecule has 0 saturated carbocycles. The summed E-state index contributed by atoms with van der Waals surface area (Å²) < 4.78 is 5.25. The van der Waals surface area contributed by atoms with Crippen molar-refractivity contribution >= 4 is 0 Å². The summed E-state index contributed by atoms with van der Waals surface area (Å²) in [6, 6.07) is 0. The van der Waals surface area contributed by atoms with Gasteiger partial charge in [0.2, 0.25) is 0 Å². The van der Waals surface area contributed by atoms with Crippen LogP contribution in [0.15, 0.2) is 24.5 Å². The first-order valence-corrected chi connectivity index (χ1v) is 3.42. The minimum absolute atomic E-state index is 0.333. The first-order chi connectivity index (χ1) is 4.43. The van der Waals surface area contributed by atoms with E-state index in [-0.39, 0.29) is 0 Å². The van der Waals surface area contributed by atoms with Crippen molar-refractivity contribution in [2.45, 2.75) is 25.9 Å². The molecule has 1 nitrogen and oxygen atoms in total. The maximum absolute atomic E-state index is 5.25. The summed E-state index contributed by atoms with van der Waals surface area (Å²) in [6.45, 7) is 2.16. The predicted octanol–water partition coefficient (Wildman–Crippen LogP) is 2.26. The molecule has 0 aliphatic carbocycles. The van der Waals surface area contributed by atoms with Crippen molar-refractivity contribution < 1.29 is 4.74 Å². The van der Waals surface area contributed by atoms with Crippen molar-refractivity contribution in [3.63, 3.8) is 0 Å². The summed E-state index contributed by atoms with van der Waals surface area (Å²) in [5.41, 5.74) is 0. The molecule has 9 heavy (non-hydrogen) atoms. The Morgan fingerprint density at radius 3 is 2.89 bits per heavy atom. The summed E-state index contributed by atoms with van der Waals surface area (Å²) in [6.07, 6.45) is 10.4. The minimum atomic E-state index is 0.333. The third-order valence-corrected chi connectivity index (χ3v) is 1.34. The Balaban J connectivity index is 2.28. The van der Waals surface area contributed by atoms with Crippen LogP contribution in [0.3, 0.4) is 0 Å². The molecule has 50 valence electrons. The molecule has 1 rings (SSSR count). The van der Waals surface area contributed by atoms with Gasteiger partial charge >= 0.3 is 0 Å². The molecule has 0 spiro atoms. The second kappa shape index (κ2) is 3.33. The van der Waals surface area contributed by atoms with Gasteiger partial charge in [-0.3, -0.25) is 0 Å². The molecule has 0 aromatic carbocycles. The van der Waals surface area contributed by atoms with Crippen LogP contribution in [-0.2, 0) is 4.74 Å². The molecule has 1 heteroatoms. The van der Waals surface area contributed by atoms with Gasteiger partial charge in [-0.15, -0.1) is 0 Å². The van der Waals surface area contributed by atoms with Crippen LogP contribution in [0.2, 0.25) is 0 Å². The summed E-state index contributed by atoms with van der Waals surface area (Å²) in [7, 11) is 0. The van der Waals surface area contributed by atoms with Crippen molar-refractivity contribution in [2.75, 3.05) is 0 Å². The van der Waals surface area contributed by atoms with Crippen molar-refractivity contribution in [1.29, 1.82) is 0 Å². The summed E-state index contributed by atoms with van der Waals surface area (Å²) in [5.74, 6) is 0. The fraction of sp³-hybridized carbons (Fsp3) is 0.500. The van der Waals surface area contributed by atoms with Gasteiger partial charge in [0, 0.05) is 0 Å². The van der Waals surface area contributed by atoms with Crippen LogP contribution >= 0.6 is 0 Å². The van der Waals surface area contributed by atoms with E-state index in [1.54, 1.807) is 6.26 Å². The third kappa shape index (κ3) is 1.92. The zero-order valence-corrected chi connectivity index (χ0v) is 5.71. The second-order valence-corrected chi connectivity index (χ2v) is 2.18. The predicted molar refractivity (Wildman–Crippen MR) is 38.1 cm³/mol. The van der Waals surface area contributed by atoms with Gasteiger partial charge in [0.1, 0.15) is 6.10 Å². The first kappa shape index (κ1) is 6.40. The van der Waals surface area contributed by atoms with Crippen molar-refractivity contribution in [3.05, 3.63) is 24.5 Å². The highest BCUT2D eigenvalue weighted by molar-refractivity contribution is 5.07. The summed E-state index contributed by atoms with van der Waals surface area (Å²) >= 11 is 0. The van der Waals surface area contributed by atoms with Crippen LogP contribution in [0.5, 0.6) is 0 Å². The number of ether oxygens (including phenoxy) is 1. The van der Waals surface area contributed by atoms with E-state index in [0.717, 1.165) is 6.42 Å². The SMILES string of the molecule is CCCC1C=CC=CO1. The van der Waals surface area contributed by atoms with Crippen LogP contribution in [0.1, 0.15) is 19.8 Å². The van der Waals surface area contributed by atoms with E-state index in [1.807, 2.05) is 12.2 Å². The fourth-order valence-corrected chi connectivity index (χ4v) is 0.874. The van der Waals surface area contributed by atoms with Gasteiger partial charge in [-0.05, 0) is 18.6 Å². The van der Waals surface area contributed by atoms with Gasteiger partial charge in [0.05, 0.1) is 6.26 Å². The smallest absolute Gasteiger partial charge is 0.116 e. The quantitative estimate of drug-likeness (QED) is 0.548. The largest absolute Gasteiger partial charge is 0.494 e. The number of allylic oxidation sites excluding steroid dienone is 2. The highest BCUT2D eigenvalue weighted by Gasteiger charge is 2.01. The summed E-state index contributed by atoms with van der Waals surface area (Å²) in [4.78, 5) is 0. The minimum Gasteiger partial charge on any atom is -0.494 e. The first-order valence-electron chi connectivity index (χ1n) is 3.42. The topological polar surface area (TPSA) is 9.23 Å². The van der Waals surface area contributed by atoms with Crippen molar-refractivity contribution in [3.8, 4) is 0 Å². The molecule has 1 unspecified atom stereocenters. The van der Waals surface area contributed by atoms with E-state index in [9.17, 15) is 0 Å². The lowest BCUT2D eigenvalue weighted by Crippen LogP contribution is -2.06. The molecular weight excluding hydrogens is 112 g/mol. The molecular formula is C8H12O. The molecule has 0 N–H and O–H groups in total. The Hall–Kier alpha value is -0.720. The lowest BCUT2D eigenvalue weighted by atomic mass is 10.2. The number of rotatable bonds is 2. The van der Waals surface area contributed by atoms with E-state index < -0.39 is 0 Å². The van der Waals surface area contributed by atoms with E-state index in [2.05, 4.69) is 13.0 Å². The average molecular weight is 124 g/mol. The third-order valence-electron chi connectivity index (χ3n) is 1.34. The van der Waals surface area contributed by atoms with Crippen LogP contribution in [0.4, 0.5) is 0 Å². The summed E-state index contributed by atoms with van der Waals surface area (Å²) in [5, 5.41) is 0. The molecule has 0 radical (unpaired) electrons. The Morgan fingerprint density at radius 2 is 2.33 bits per heavy atom. The monoisotopic (exact) mass is 124 g/mol. The fourth-order valence-electron chi connectivity index (χ4n) is 0.874. The van der Waals surface area contributed by atoms with E-state index in [0.29, 0.717) is 6.10 Å². The van der Waals surface area contributed by atoms with Gasteiger partial charge in [-0.2, -0.15) is 0 Å². The second-order valence-electron chi connectivity index (χ2n) is 2.18. The zero-order valence-electron chi connectivity index (χ0n) is 5.71. The van der Waals surface area contributed by atoms with Gasteiger partial charge in [-0.1, -0.05) is 19.4 Å². The highest BCUT2D eigenvalue weighted by Crippen LogP contribution is 2.07. The van der Waals surface area contributed by atoms with Crippen LogP contribution < -0.4 is 0 Å². The van der Waals surface area contributed by atoms with Gasteiger partial charge < -0.3 is 4.74 Å². The number of hydrogen-bond donors (Lipinski definition) is 0. The molecule has 0 aromatic rings. The molecule has 0 aromatic heterocycles. The Morgan fingerprint density at radius 1 is 1.44 bits per heavy atom. The van der Waals surface area contributed by atoms with Gasteiger partial charge in [0.15, 0.2) is 0 Å². The van der Waals surface area contributed by atoms with Crippen molar-refractivity contribution in [2.24, 2.45) is 0 Å². The van der Waals surface area contributed by atoms with E-state index in [4.69, 9.17) is 4.74 Å². The normalized spacial score (nSPS) is 23.9. The molecule has 1 heterocycles. The standard InChI is InChI=1S/C8H12O/c1-2-5-8-6-3-4-7-9-8/h3-4,6-8H,2,5H2,1H3. The Bertz CT molecular complexity index is 125. The van der Waals surface area contributed by atoms with E-state index in [1.165, 1.54) is 6.42 Å².